The van der Waals surface area contributed by atoms with Crippen LogP contribution in [0.2, 0.25) is 0 Å². The van der Waals surface area contributed by atoms with E-state index < -0.39 is 0 Å². The summed E-state index contributed by atoms with van der Waals surface area (Å²) in [4.78, 5) is 0. The van der Waals surface area contributed by atoms with Crippen molar-refractivity contribution in [3.63, 3.8) is 0 Å². The van der Waals surface area contributed by atoms with Crippen LogP contribution < -0.4 is 5.32 Å². The van der Waals surface area contributed by atoms with Gasteiger partial charge in [0.15, 0.2) is 0 Å². The van der Waals surface area contributed by atoms with E-state index in [0.717, 1.165) is 6.54 Å². The Bertz CT molecular complexity index is 478. The highest BCUT2D eigenvalue weighted by Gasteiger charge is 2.19. The van der Waals surface area contributed by atoms with Gasteiger partial charge >= 0.3 is 0 Å². The third kappa shape index (κ3) is 4.96. The van der Waals surface area contributed by atoms with E-state index in [2.05, 4.69) is 59.4 Å². The Hall–Kier alpha value is -0.600. The van der Waals surface area contributed by atoms with Crippen LogP contribution >= 0.6 is 15.9 Å². The Labute approximate surface area is 138 Å². The van der Waals surface area contributed by atoms with E-state index in [9.17, 15) is 0 Å². The van der Waals surface area contributed by atoms with Crippen molar-refractivity contribution in [2.24, 2.45) is 0 Å². The number of aryl methyl sites for hydroxylation is 1. The number of hydrogen-bond donors (Lipinski definition) is 1. The maximum Gasteiger partial charge on any atom is 0.0547 e. The number of benzene rings is 1. The summed E-state index contributed by atoms with van der Waals surface area (Å²) < 4.78 is 1.23. The van der Waals surface area contributed by atoms with Gasteiger partial charge in [-0.25, -0.2) is 0 Å². The predicted octanol–water partition coefficient (Wildman–Crippen LogP) is 6.08. The molecular weight excluding hydrogens is 322 g/mol. The number of halogens is 1. The Morgan fingerprint density at radius 2 is 2.00 bits per heavy atom. The molecule has 1 atom stereocenters. The van der Waals surface area contributed by atoms with E-state index in [1.54, 1.807) is 5.57 Å². The topological polar surface area (TPSA) is 12.0 Å². The van der Waals surface area contributed by atoms with Gasteiger partial charge in [0.25, 0.3) is 0 Å². The maximum atomic E-state index is 3.77. The molecule has 0 spiro atoms. The first-order valence-electron chi connectivity index (χ1n) is 8.40. The van der Waals surface area contributed by atoms with Crippen LogP contribution in [0.3, 0.4) is 0 Å². The van der Waals surface area contributed by atoms with Crippen LogP contribution in [0.5, 0.6) is 0 Å². The molecule has 0 aliphatic heterocycles. The van der Waals surface area contributed by atoms with E-state index in [1.807, 2.05) is 0 Å². The standard InChI is InChI=1S/C19H28BrN/c1-3-13-21-19(16-9-7-5-4-6-8-10-16)17-14-15(2)11-12-18(17)20/h9,11-12,14,19,21H,3-8,10,13H2,1-2H3/b16-9+. The molecule has 2 heteroatoms. The molecule has 0 saturated heterocycles. The van der Waals surface area contributed by atoms with Crippen molar-refractivity contribution in [1.29, 1.82) is 0 Å². The summed E-state index contributed by atoms with van der Waals surface area (Å²) in [7, 11) is 0. The fourth-order valence-corrected chi connectivity index (χ4v) is 3.57. The smallest absolute Gasteiger partial charge is 0.0547 e. The van der Waals surface area contributed by atoms with Gasteiger partial charge in [-0.3, -0.25) is 0 Å². The van der Waals surface area contributed by atoms with Crippen molar-refractivity contribution in [3.8, 4) is 0 Å². The summed E-state index contributed by atoms with van der Waals surface area (Å²) in [6, 6.07) is 7.07. The minimum absolute atomic E-state index is 0.373. The summed E-state index contributed by atoms with van der Waals surface area (Å²) in [5, 5.41) is 3.77. The Morgan fingerprint density at radius 3 is 2.81 bits per heavy atom. The van der Waals surface area contributed by atoms with Crippen molar-refractivity contribution in [2.45, 2.75) is 64.8 Å². The zero-order chi connectivity index (χ0) is 15.1. The number of nitrogens with one attached hydrogen (secondary N) is 1. The van der Waals surface area contributed by atoms with Gasteiger partial charge in [-0.2, -0.15) is 0 Å². The fraction of sp³-hybridized carbons (Fsp3) is 0.579. The van der Waals surface area contributed by atoms with E-state index in [4.69, 9.17) is 0 Å². The molecule has 21 heavy (non-hydrogen) atoms. The molecule has 1 aliphatic rings. The van der Waals surface area contributed by atoms with Gasteiger partial charge in [0.1, 0.15) is 0 Å². The molecule has 0 radical (unpaired) electrons. The monoisotopic (exact) mass is 349 g/mol. The lowest BCUT2D eigenvalue weighted by Crippen LogP contribution is -2.25. The largest absolute Gasteiger partial charge is 0.306 e. The van der Waals surface area contributed by atoms with Crippen LogP contribution in [0.25, 0.3) is 0 Å². The lowest BCUT2D eigenvalue weighted by molar-refractivity contribution is 0.539. The summed E-state index contributed by atoms with van der Waals surface area (Å²) in [6.45, 7) is 5.49. The van der Waals surface area contributed by atoms with Gasteiger partial charge < -0.3 is 5.32 Å². The average Bonchev–Trinajstić information content (AvgIpc) is 2.44. The minimum Gasteiger partial charge on any atom is -0.306 e. The van der Waals surface area contributed by atoms with E-state index >= 15 is 0 Å². The molecule has 0 aromatic heterocycles. The van der Waals surface area contributed by atoms with Gasteiger partial charge in [0.2, 0.25) is 0 Å². The zero-order valence-corrected chi connectivity index (χ0v) is 15.0. The average molecular weight is 350 g/mol. The van der Waals surface area contributed by atoms with Crippen LogP contribution in [-0.2, 0) is 0 Å². The molecule has 1 aromatic rings. The number of rotatable bonds is 5. The summed E-state index contributed by atoms with van der Waals surface area (Å²) in [6.07, 6.45) is 11.6. The van der Waals surface area contributed by atoms with Crippen LogP contribution in [0.15, 0.2) is 34.3 Å². The van der Waals surface area contributed by atoms with Crippen molar-refractivity contribution < 1.29 is 0 Å². The highest BCUT2D eigenvalue weighted by atomic mass is 79.9. The molecular formula is C19H28BrN. The maximum absolute atomic E-state index is 3.77. The molecule has 1 aliphatic carbocycles. The van der Waals surface area contributed by atoms with Gasteiger partial charge in [-0.05, 0) is 57.2 Å². The summed E-state index contributed by atoms with van der Waals surface area (Å²) >= 11 is 3.76. The van der Waals surface area contributed by atoms with Crippen LogP contribution in [0, 0.1) is 6.92 Å². The highest BCUT2D eigenvalue weighted by Crippen LogP contribution is 2.33. The molecule has 116 valence electrons. The second kappa shape index (κ2) is 8.75. The van der Waals surface area contributed by atoms with Crippen molar-refractivity contribution in [3.05, 3.63) is 45.4 Å². The van der Waals surface area contributed by atoms with E-state index in [0.29, 0.717) is 6.04 Å². The fourth-order valence-electron chi connectivity index (χ4n) is 3.09. The molecule has 1 N–H and O–H groups in total. The van der Waals surface area contributed by atoms with Crippen LogP contribution in [-0.4, -0.2) is 6.54 Å². The van der Waals surface area contributed by atoms with Crippen LogP contribution in [0.4, 0.5) is 0 Å². The molecule has 2 rings (SSSR count). The van der Waals surface area contributed by atoms with E-state index in [1.165, 1.54) is 60.5 Å². The molecule has 0 amide bonds. The SMILES string of the molecule is CCCNC(/C1=C/CCCCCC1)c1cc(C)ccc1Br. The lowest BCUT2D eigenvalue weighted by atomic mass is 9.90. The normalized spacial score (nSPS) is 20.2. The zero-order valence-electron chi connectivity index (χ0n) is 13.4. The van der Waals surface area contributed by atoms with E-state index in [-0.39, 0.29) is 0 Å². The molecule has 1 nitrogen and oxygen atoms in total. The first-order chi connectivity index (χ1) is 10.2. The summed E-state index contributed by atoms with van der Waals surface area (Å²) in [5.74, 6) is 0. The molecule has 1 unspecified atom stereocenters. The lowest BCUT2D eigenvalue weighted by Gasteiger charge is -2.25. The highest BCUT2D eigenvalue weighted by molar-refractivity contribution is 9.10. The molecule has 0 fully saturated rings. The number of allylic oxidation sites excluding steroid dienone is 1. The second-order valence-corrected chi connectivity index (χ2v) is 7.00. The second-order valence-electron chi connectivity index (χ2n) is 6.14. The minimum atomic E-state index is 0.373. The predicted molar refractivity (Wildman–Crippen MR) is 95.7 cm³/mol. The number of hydrogen-bond acceptors (Lipinski definition) is 1. The van der Waals surface area contributed by atoms with Gasteiger partial charge in [0.05, 0.1) is 6.04 Å². The van der Waals surface area contributed by atoms with Crippen molar-refractivity contribution in [2.75, 3.05) is 6.54 Å². The Kier molecular flexibility index (Phi) is 6.98. The molecule has 1 aromatic carbocycles. The molecule has 0 bridgehead atoms. The molecule has 0 saturated carbocycles. The van der Waals surface area contributed by atoms with Gasteiger partial charge in [0, 0.05) is 4.47 Å². The third-order valence-corrected chi connectivity index (χ3v) is 4.98. The van der Waals surface area contributed by atoms with Gasteiger partial charge in [-0.15, -0.1) is 0 Å². The first-order valence-corrected chi connectivity index (χ1v) is 9.20. The molecule has 0 heterocycles. The quantitative estimate of drug-likeness (QED) is 0.635. The third-order valence-electron chi connectivity index (χ3n) is 4.26. The van der Waals surface area contributed by atoms with Crippen LogP contribution in [0.1, 0.15) is 69.0 Å². The Balaban J connectivity index is 2.29. The van der Waals surface area contributed by atoms with Crippen molar-refractivity contribution in [1.82, 2.24) is 5.32 Å². The first kappa shape index (κ1) is 16.8. The van der Waals surface area contributed by atoms with Crippen molar-refractivity contribution >= 4 is 15.9 Å². The van der Waals surface area contributed by atoms with Gasteiger partial charge in [-0.1, -0.05) is 65.0 Å². The summed E-state index contributed by atoms with van der Waals surface area (Å²) in [5.41, 5.74) is 4.33. The Morgan fingerprint density at radius 1 is 1.19 bits per heavy atom.